The van der Waals surface area contributed by atoms with Crippen LogP contribution in [0, 0.1) is 5.92 Å². The zero-order valence-electron chi connectivity index (χ0n) is 9.59. The summed E-state index contributed by atoms with van der Waals surface area (Å²) in [6, 6.07) is 5.17. The Hall–Kier alpha value is -1.22. The van der Waals surface area contributed by atoms with Crippen LogP contribution in [0.25, 0.3) is 0 Å². The molecule has 0 aliphatic heterocycles. The molecule has 0 heterocycles. The molecular weight excluding hydrogens is 224 g/mol. The highest BCUT2D eigenvalue weighted by molar-refractivity contribution is 6.34. The van der Waals surface area contributed by atoms with Gasteiger partial charge in [-0.15, -0.1) is 0 Å². The van der Waals surface area contributed by atoms with E-state index >= 15 is 0 Å². The number of carbonyl (C=O) groups is 1. The Morgan fingerprint density at radius 2 is 2.19 bits per heavy atom. The molecule has 0 aliphatic carbocycles. The molecule has 0 bridgehead atoms. The Morgan fingerprint density at radius 1 is 1.50 bits per heavy atom. The summed E-state index contributed by atoms with van der Waals surface area (Å²) in [5.41, 5.74) is 6.73. The van der Waals surface area contributed by atoms with Crippen molar-refractivity contribution in [3.05, 3.63) is 23.2 Å². The molecule has 0 aromatic heterocycles. The van der Waals surface area contributed by atoms with Crippen LogP contribution in [0.3, 0.4) is 0 Å². The number of rotatable bonds is 4. The van der Waals surface area contributed by atoms with Gasteiger partial charge in [-0.05, 0) is 24.5 Å². The molecule has 16 heavy (non-hydrogen) atoms. The van der Waals surface area contributed by atoms with E-state index < -0.39 is 0 Å². The number of para-hydroxylation sites is 1. The number of nitrogens with one attached hydrogen (secondary N) is 1. The SMILES string of the molecule is CC(C)CCC(=O)Nc1c(N)cccc1Cl. The molecule has 0 radical (unpaired) electrons. The Kier molecular flexibility index (Phi) is 4.62. The van der Waals surface area contributed by atoms with Crippen LogP contribution < -0.4 is 11.1 Å². The van der Waals surface area contributed by atoms with E-state index in [2.05, 4.69) is 19.2 Å². The summed E-state index contributed by atoms with van der Waals surface area (Å²) in [7, 11) is 0. The van der Waals surface area contributed by atoms with Gasteiger partial charge in [0.25, 0.3) is 0 Å². The molecule has 0 saturated heterocycles. The van der Waals surface area contributed by atoms with Gasteiger partial charge in [0.2, 0.25) is 5.91 Å². The highest BCUT2D eigenvalue weighted by Gasteiger charge is 2.09. The lowest BCUT2D eigenvalue weighted by Crippen LogP contribution is -2.13. The minimum atomic E-state index is -0.0477. The first-order chi connectivity index (χ1) is 7.50. The van der Waals surface area contributed by atoms with Crippen molar-refractivity contribution in [2.75, 3.05) is 11.1 Å². The van der Waals surface area contributed by atoms with E-state index in [1.165, 1.54) is 0 Å². The predicted molar refractivity (Wildman–Crippen MR) is 68.6 cm³/mol. The molecule has 88 valence electrons. The molecule has 4 heteroatoms. The van der Waals surface area contributed by atoms with Gasteiger partial charge < -0.3 is 11.1 Å². The van der Waals surface area contributed by atoms with E-state index in [0.29, 0.717) is 28.7 Å². The Bertz CT molecular complexity index is 357. The Morgan fingerprint density at radius 3 is 2.75 bits per heavy atom. The molecule has 1 amide bonds. The summed E-state index contributed by atoms with van der Waals surface area (Å²) >= 11 is 5.94. The second-order valence-corrected chi connectivity index (χ2v) is 4.59. The van der Waals surface area contributed by atoms with Crippen molar-refractivity contribution in [1.82, 2.24) is 0 Å². The number of halogens is 1. The second-order valence-electron chi connectivity index (χ2n) is 4.18. The van der Waals surface area contributed by atoms with Crippen LogP contribution in [0.4, 0.5) is 11.4 Å². The third-order valence-corrected chi connectivity index (χ3v) is 2.57. The van der Waals surface area contributed by atoms with Crippen LogP contribution in [0.1, 0.15) is 26.7 Å². The molecule has 0 aliphatic rings. The Labute approximate surface area is 101 Å². The fourth-order valence-corrected chi connectivity index (χ4v) is 1.52. The third kappa shape index (κ3) is 3.74. The quantitative estimate of drug-likeness (QED) is 0.794. The van der Waals surface area contributed by atoms with Crippen LogP contribution in [0.15, 0.2) is 18.2 Å². The number of hydrogen-bond acceptors (Lipinski definition) is 2. The zero-order valence-corrected chi connectivity index (χ0v) is 10.3. The minimum Gasteiger partial charge on any atom is -0.397 e. The van der Waals surface area contributed by atoms with Crippen molar-refractivity contribution in [3.63, 3.8) is 0 Å². The van der Waals surface area contributed by atoms with Crippen molar-refractivity contribution in [2.24, 2.45) is 5.92 Å². The van der Waals surface area contributed by atoms with E-state index in [-0.39, 0.29) is 5.91 Å². The van der Waals surface area contributed by atoms with Gasteiger partial charge in [-0.1, -0.05) is 31.5 Å². The molecule has 0 spiro atoms. The molecular formula is C12H17ClN2O. The minimum absolute atomic E-state index is 0.0477. The molecule has 3 N–H and O–H groups in total. The predicted octanol–water partition coefficient (Wildman–Crippen LogP) is 3.30. The summed E-state index contributed by atoms with van der Waals surface area (Å²) in [6.07, 6.45) is 1.35. The highest BCUT2D eigenvalue weighted by atomic mass is 35.5. The first-order valence-electron chi connectivity index (χ1n) is 5.34. The molecule has 0 saturated carbocycles. The smallest absolute Gasteiger partial charge is 0.224 e. The molecule has 1 rings (SSSR count). The third-order valence-electron chi connectivity index (χ3n) is 2.26. The first kappa shape index (κ1) is 12.8. The molecule has 3 nitrogen and oxygen atoms in total. The van der Waals surface area contributed by atoms with Crippen LogP contribution in [-0.4, -0.2) is 5.91 Å². The standard InChI is InChI=1S/C12H17ClN2O/c1-8(2)6-7-11(16)15-12-9(13)4-3-5-10(12)14/h3-5,8H,6-7,14H2,1-2H3,(H,15,16). The van der Waals surface area contributed by atoms with Gasteiger partial charge in [0, 0.05) is 6.42 Å². The number of hydrogen-bond donors (Lipinski definition) is 2. The first-order valence-corrected chi connectivity index (χ1v) is 5.72. The van der Waals surface area contributed by atoms with E-state index in [9.17, 15) is 4.79 Å². The lowest BCUT2D eigenvalue weighted by atomic mass is 10.1. The van der Waals surface area contributed by atoms with E-state index in [4.69, 9.17) is 17.3 Å². The lowest BCUT2D eigenvalue weighted by Gasteiger charge is -2.10. The fraction of sp³-hybridized carbons (Fsp3) is 0.417. The van der Waals surface area contributed by atoms with Gasteiger partial charge in [-0.2, -0.15) is 0 Å². The van der Waals surface area contributed by atoms with Crippen molar-refractivity contribution in [2.45, 2.75) is 26.7 Å². The maximum Gasteiger partial charge on any atom is 0.224 e. The monoisotopic (exact) mass is 240 g/mol. The van der Waals surface area contributed by atoms with Crippen LogP contribution in [0.5, 0.6) is 0 Å². The average Bonchev–Trinajstić information content (AvgIpc) is 2.21. The highest BCUT2D eigenvalue weighted by Crippen LogP contribution is 2.27. The summed E-state index contributed by atoms with van der Waals surface area (Å²) < 4.78 is 0. The number of anilines is 2. The number of nitrogens with two attached hydrogens (primary N) is 1. The van der Waals surface area contributed by atoms with Gasteiger partial charge in [0.05, 0.1) is 16.4 Å². The number of amides is 1. The van der Waals surface area contributed by atoms with Gasteiger partial charge in [-0.25, -0.2) is 0 Å². The maximum atomic E-state index is 11.6. The summed E-state index contributed by atoms with van der Waals surface area (Å²) in [5.74, 6) is 0.461. The topological polar surface area (TPSA) is 55.1 Å². The van der Waals surface area contributed by atoms with Crippen LogP contribution >= 0.6 is 11.6 Å². The van der Waals surface area contributed by atoms with Crippen molar-refractivity contribution in [1.29, 1.82) is 0 Å². The van der Waals surface area contributed by atoms with E-state index in [0.717, 1.165) is 6.42 Å². The molecule has 0 unspecified atom stereocenters. The molecule has 0 fully saturated rings. The normalized spacial score (nSPS) is 10.5. The number of carbonyl (C=O) groups excluding carboxylic acids is 1. The summed E-state index contributed by atoms with van der Waals surface area (Å²) in [5, 5.41) is 3.21. The van der Waals surface area contributed by atoms with E-state index in [1.807, 2.05) is 0 Å². The Balaban J connectivity index is 2.63. The summed E-state index contributed by atoms with van der Waals surface area (Å²) in [4.78, 5) is 11.6. The van der Waals surface area contributed by atoms with Crippen LogP contribution in [-0.2, 0) is 4.79 Å². The number of nitrogen functional groups attached to an aromatic ring is 1. The van der Waals surface area contributed by atoms with Crippen molar-refractivity contribution < 1.29 is 4.79 Å². The molecule has 1 aromatic carbocycles. The van der Waals surface area contributed by atoms with Crippen LogP contribution in [0.2, 0.25) is 5.02 Å². The molecule has 1 aromatic rings. The largest absolute Gasteiger partial charge is 0.397 e. The van der Waals surface area contributed by atoms with Gasteiger partial charge >= 0.3 is 0 Å². The molecule has 0 atom stereocenters. The lowest BCUT2D eigenvalue weighted by molar-refractivity contribution is -0.116. The van der Waals surface area contributed by atoms with Gasteiger partial charge in [0.1, 0.15) is 0 Å². The zero-order chi connectivity index (χ0) is 12.1. The number of benzene rings is 1. The van der Waals surface area contributed by atoms with Crippen molar-refractivity contribution in [3.8, 4) is 0 Å². The average molecular weight is 241 g/mol. The van der Waals surface area contributed by atoms with Crippen molar-refractivity contribution >= 4 is 28.9 Å². The second kappa shape index (κ2) is 5.75. The van der Waals surface area contributed by atoms with Gasteiger partial charge in [-0.3, -0.25) is 4.79 Å². The fourth-order valence-electron chi connectivity index (χ4n) is 1.29. The van der Waals surface area contributed by atoms with E-state index in [1.54, 1.807) is 18.2 Å². The van der Waals surface area contributed by atoms with Gasteiger partial charge in [0.15, 0.2) is 0 Å². The summed E-state index contributed by atoms with van der Waals surface area (Å²) in [6.45, 7) is 4.16. The maximum absolute atomic E-state index is 11.6.